The largest absolute Gasteiger partial charge is 0.469 e. The highest BCUT2D eigenvalue weighted by atomic mass is 31.2. The van der Waals surface area contributed by atoms with Gasteiger partial charge in [0.25, 0.3) is 0 Å². The lowest BCUT2D eigenvalue weighted by atomic mass is 10.3. The van der Waals surface area contributed by atoms with E-state index in [1.807, 2.05) is 0 Å². The zero-order valence-corrected chi connectivity index (χ0v) is 11.8. The Bertz CT molecular complexity index is 815. The third-order valence-corrected chi connectivity index (χ3v) is 2.85. The van der Waals surface area contributed by atoms with Crippen LogP contribution in [0, 0.1) is 0 Å². The summed E-state index contributed by atoms with van der Waals surface area (Å²) in [4.78, 5) is 42.6. The van der Waals surface area contributed by atoms with E-state index in [1.54, 1.807) is 0 Å². The number of aliphatic hydroxyl groups is 1. The summed E-state index contributed by atoms with van der Waals surface area (Å²) in [5.74, 6) is -0.0832. The van der Waals surface area contributed by atoms with Gasteiger partial charge in [0, 0.05) is 0 Å². The fraction of sp³-hybridized carbons (Fsp3) is 0.200. The van der Waals surface area contributed by atoms with E-state index < -0.39 is 26.1 Å². The van der Waals surface area contributed by atoms with E-state index in [-0.39, 0.29) is 22.8 Å². The van der Waals surface area contributed by atoms with Crippen LogP contribution in [0.5, 0.6) is 0 Å². The minimum absolute atomic E-state index is 0.0303. The van der Waals surface area contributed by atoms with E-state index in [9.17, 15) is 14.5 Å². The number of aromatic nitrogens is 4. The van der Waals surface area contributed by atoms with Crippen molar-refractivity contribution in [1.29, 1.82) is 0 Å². The van der Waals surface area contributed by atoms with Crippen LogP contribution in [0.2, 0.25) is 0 Å². The molecule has 0 radical (unpaired) electrons. The molecule has 0 spiro atoms. The zero-order chi connectivity index (χ0) is 16.3. The van der Waals surface area contributed by atoms with E-state index in [0.29, 0.717) is 0 Å². The number of nitrogens with two attached hydrogens (primary N) is 1. The molecule has 0 aliphatic rings. The van der Waals surface area contributed by atoms with Crippen LogP contribution in [0.4, 0.5) is 5.95 Å². The summed E-state index contributed by atoms with van der Waals surface area (Å²) in [6, 6.07) is 0. The molecule has 0 amide bonds. The molecule has 0 aliphatic carbocycles. The quantitative estimate of drug-likeness (QED) is 0.416. The molecule has 2 aromatic rings. The fourth-order valence-electron chi connectivity index (χ4n) is 1.47. The molecular formula is C10H12N5O6P. The number of phosphoric ester groups is 1. The molecule has 0 fully saturated rings. The zero-order valence-electron chi connectivity index (χ0n) is 10.9. The van der Waals surface area contributed by atoms with E-state index in [0.717, 1.165) is 0 Å². The molecule has 11 nitrogen and oxygen atoms in total. The number of nitrogen functional groups attached to an aromatic ring is 1. The van der Waals surface area contributed by atoms with Crippen molar-refractivity contribution in [2.75, 3.05) is 12.3 Å². The number of nitrogens with zero attached hydrogens (tertiary/aromatic N) is 3. The molecule has 0 bridgehead atoms. The lowest BCUT2D eigenvalue weighted by Crippen LogP contribution is -2.14. The predicted octanol–water partition coefficient (Wildman–Crippen LogP) is -1.22. The molecular weight excluding hydrogens is 317 g/mol. The minimum Gasteiger partial charge on any atom is -0.387 e. The van der Waals surface area contributed by atoms with Crippen LogP contribution in [-0.4, -0.2) is 47.5 Å². The Morgan fingerprint density at radius 3 is 2.86 bits per heavy atom. The first-order valence-corrected chi connectivity index (χ1v) is 7.36. The monoisotopic (exact) mass is 329 g/mol. The van der Waals surface area contributed by atoms with Crippen molar-refractivity contribution in [1.82, 2.24) is 19.9 Å². The molecule has 0 saturated carbocycles. The Morgan fingerprint density at radius 1 is 1.45 bits per heavy atom. The van der Waals surface area contributed by atoms with Crippen LogP contribution < -0.4 is 11.3 Å². The number of aliphatic hydroxyl groups excluding tert-OH is 1. The predicted molar refractivity (Wildman–Crippen MR) is 75.4 cm³/mol. The second-order valence-electron chi connectivity index (χ2n) is 4.13. The summed E-state index contributed by atoms with van der Waals surface area (Å²) in [6.07, 6.45) is 2.54. The Morgan fingerprint density at radius 2 is 2.18 bits per heavy atom. The molecule has 6 N–H and O–H groups in total. The van der Waals surface area contributed by atoms with Crippen LogP contribution in [0.15, 0.2) is 17.1 Å². The summed E-state index contributed by atoms with van der Waals surface area (Å²) in [5, 5.41) is 9.48. The third kappa shape index (κ3) is 4.41. The number of rotatable bonds is 5. The number of anilines is 1. The molecule has 0 aliphatic heterocycles. The Hall–Kier alpha value is -2.17. The number of aromatic amines is 1. The van der Waals surface area contributed by atoms with Gasteiger partial charge in [0.1, 0.15) is 0 Å². The van der Waals surface area contributed by atoms with Crippen LogP contribution in [0.1, 0.15) is 5.69 Å². The first kappa shape index (κ1) is 16.2. The summed E-state index contributed by atoms with van der Waals surface area (Å²) < 4.78 is 14.6. The number of H-pyrrole nitrogens is 1. The standard InChI is InChI=1S/C10H12N5O6P/c11-10-14-8-7(9(17)15-10)13-5(3-12-8)1-2-6(16)4-21-22(18,19)20/h1-3,6,16H,4H2,(H2,18,19,20)(H3,11,12,14,15,17). The second kappa shape index (κ2) is 6.30. The van der Waals surface area contributed by atoms with Gasteiger partial charge in [-0.15, -0.1) is 0 Å². The highest BCUT2D eigenvalue weighted by molar-refractivity contribution is 7.46. The van der Waals surface area contributed by atoms with Crippen molar-refractivity contribution < 1.29 is 24.0 Å². The molecule has 0 aromatic carbocycles. The number of phosphoric acid groups is 1. The molecule has 2 heterocycles. The normalized spacial score (nSPS) is 13.8. The van der Waals surface area contributed by atoms with Crippen molar-refractivity contribution in [3.63, 3.8) is 0 Å². The van der Waals surface area contributed by atoms with Crippen molar-refractivity contribution in [2.45, 2.75) is 6.10 Å². The molecule has 1 unspecified atom stereocenters. The third-order valence-electron chi connectivity index (χ3n) is 2.36. The maximum atomic E-state index is 11.6. The highest BCUT2D eigenvalue weighted by Crippen LogP contribution is 2.35. The first-order chi connectivity index (χ1) is 10.2. The Kier molecular flexibility index (Phi) is 4.64. The molecule has 2 rings (SSSR count). The molecule has 0 saturated heterocycles. The number of fused-ring (bicyclic) bond motifs is 1. The molecule has 12 heteroatoms. The molecule has 22 heavy (non-hydrogen) atoms. The lowest BCUT2D eigenvalue weighted by molar-refractivity contribution is 0.114. The second-order valence-corrected chi connectivity index (χ2v) is 5.37. The Labute approximate surface area is 122 Å². The van der Waals surface area contributed by atoms with E-state index in [2.05, 4.69) is 24.5 Å². The summed E-state index contributed by atoms with van der Waals surface area (Å²) in [7, 11) is -4.65. The average Bonchev–Trinajstić information content (AvgIpc) is 2.42. The fourth-order valence-corrected chi connectivity index (χ4v) is 1.82. The van der Waals surface area contributed by atoms with Crippen molar-refractivity contribution in [3.05, 3.63) is 28.3 Å². The molecule has 2 aromatic heterocycles. The summed E-state index contributed by atoms with van der Waals surface area (Å²) in [5.41, 5.74) is 5.09. The maximum absolute atomic E-state index is 11.6. The van der Waals surface area contributed by atoms with Gasteiger partial charge in [-0.1, -0.05) is 6.08 Å². The minimum atomic E-state index is -4.65. The van der Waals surface area contributed by atoms with Crippen LogP contribution >= 0.6 is 7.82 Å². The van der Waals surface area contributed by atoms with Crippen LogP contribution in [-0.2, 0) is 9.09 Å². The highest BCUT2D eigenvalue weighted by Gasteiger charge is 2.15. The van der Waals surface area contributed by atoms with Crippen molar-refractivity contribution in [2.24, 2.45) is 0 Å². The number of nitrogens with one attached hydrogen (secondary N) is 1. The van der Waals surface area contributed by atoms with Gasteiger partial charge in [-0.3, -0.25) is 9.32 Å². The van der Waals surface area contributed by atoms with Gasteiger partial charge in [-0.25, -0.2) is 14.5 Å². The van der Waals surface area contributed by atoms with Gasteiger partial charge in [0.05, 0.1) is 24.6 Å². The smallest absolute Gasteiger partial charge is 0.387 e. The molecule has 118 valence electrons. The van der Waals surface area contributed by atoms with Gasteiger partial charge in [-0.2, -0.15) is 4.98 Å². The molecule has 1 atom stereocenters. The summed E-state index contributed by atoms with van der Waals surface area (Å²) >= 11 is 0. The van der Waals surface area contributed by atoms with Crippen LogP contribution in [0.3, 0.4) is 0 Å². The Balaban J connectivity index is 2.16. The van der Waals surface area contributed by atoms with Gasteiger partial charge in [-0.05, 0) is 6.08 Å². The van der Waals surface area contributed by atoms with Gasteiger partial charge >= 0.3 is 13.4 Å². The van der Waals surface area contributed by atoms with Crippen molar-refractivity contribution >= 4 is 31.0 Å². The van der Waals surface area contributed by atoms with Crippen molar-refractivity contribution in [3.8, 4) is 0 Å². The van der Waals surface area contributed by atoms with Gasteiger partial charge in [0.15, 0.2) is 11.2 Å². The maximum Gasteiger partial charge on any atom is 0.469 e. The number of hydrogen-bond donors (Lipinski definition) is 5. The average molecular weight is 329 g/mol. The lowest BCUT2D eigenvalue weighted by Gasteiger charge is -2.07. The van der Waals surface area contributed by atoms with E-state index in [1.165, 1.54) is 18.3 Å². The van der Waals surface area contributed by atoms with Gasteiger partial charge in [0.2, 0.25) is 5.95 Å². The van der Waals surface area contributed by atoms with E-state index in [4.69, 9.17) is 15.5 Å². The SMILES string of the molecule is Nc1nc(=O)c2nc(C=CC(O)COP(=O)(O)O)cnc2[nH]1. The summed E-state index contributed by atoms with van der Waals surface area (Å²) in [6.45, 7) is -0.597. The topological polar surface area (TPSA) is 185 Å². The first-order valence-electron chi connectivity index (χ1n) is 5.83. The van der Waals surface area contributed by atoms with E-state index >= 15 is 0 Å². The van der Waals surface area contributed by atoms with Gasteiger partial charge < -0.3 is 25.6 Å². The number of hydrogen-bond acceptors (Lipinski definition) is 8. The van der Waals surface area contributed by atoms with Crippen LogP contribution in [0.25, 0.3) is 17.2 Å².